The van der Waals surface area contributed by atoms with Crippen LogP contribution in [0.3, 0.4) is 0 Å². The molecule has 0 radical (unpaired) electrons. The van der Waals surface area contributed by atoms with Crippen molar-refractivity contribution in [2.45, 2.75) is 25.7 Å². The molecule has 2 amide bonds. The van der Waals surface area contributed by atoms with Crippen LogP contribution in [0.5, 0.6) is 0 Å². The highest BCUT2D eigenvalue weighted by Crippen LogP contribution is 2.35. The quantitative estimate of drug-likeness (QED) is 0.400. The molecule has 0 unspecified atom stereocenters. The standard InChI is InChI=1S/C27H21F3N2O2/c1-2-3-13-31-25(33)20-9-5-8-19(15-20)22-11-6-12-23-24(22)17-32(26(23)34)16-18-7-4-10-21(14-18)27(28,29)30/h1,4-12,14-15H,3,13,16-17H2,(H,31,33). The van der Waals surface area contributed by atoms with E-state index in [0.717, 1.165) is 28.8 Å². The number of carbonyl (C=O) groups excluding carboxylic acids is 2. The fourth-order valence-electron chi connectivity index (χ4n) is 4.03. The number of rotatable bonds is 6. The van der Waals surface area contributed by atoms with Crippen LogP contribution in [0.1, 0.15) is 43.8 Å². The lowest BCUT2D eigenvalue weighted by atomic mass is 9.95. The van der Waals surface area contributed by atoms with Crippen LogP contribution in [0.25, 0.3) is 11.1 Å². The third-order valence-electron chi connectivity index (χ3n) is 5.66. The fraction of sp³-hybridized carbons (Fsp3) is 0.185. The molecule has 1 aliphatic rings. The van der Waals surface area contributed by atoms with Crippen molar-refractivity contribution in [3.8, 4) is 23.5 Å². The van der Waals surface area contributed by atoms with Crippen molar-refractivity contribution in [1.82, 2.24) is 10.2 Å². The van der Waals surface area contributed by atoms with Crippen molar-refractivity contribution >= 4 is 11.8 Å². The zero-order chi connectivity index (χ0) is 24.3. The first-order valence-electron chi connectivity index (χ1n) is 10.7. The van der Waals surface area contributed by atoms with Gasteiger partial charge >= 0.3 is 6.18 Å². The summed E-state index contributed by atoms with van der Waals surface area (Å²) in [6.45, 7) is 0.701. The Balaban J connectivity index is 1.58. The SMILES string of the molecule is C#CCCNC(=O)c1cccc(-c2cccc3c2CN(Cc2cccc(C(F)(F)F)c2)C3=O)c1. The molecule has 0 bridgehead atoms. The highest BCUT2D eigenvalue weighted by molar-refractivity contribution is 6.01. The number of halogens is 3. The Hall–Kier alpha value is -4.05. The Labute approximate surface area is 195 Å². The summed E-state index contributed by atoms with van der Waals surface area (Å²) in [6, 6.07) is 17.4. The van der Waals surface area contributed by atoms with Gasteiger partial charge in [0.2, 0.25) is 0 Å². The van der Waals surface area contributed by atoms with Crippen molar-refractivity contribution in [1.29, 1.82) is 0 Å². The molecule has 0 aromatic heterocycles. The Kier molecular flexibility index (Phi) is 6.42. The first-order valence-corrected chi connectivity index (χ1v) is 10.7. The average molecular weight is 462 g/mol. The number of fused-ring (bicyclic) bond motifs is 1. The maximum absolute atomic E-state index is 13.1. The monoisotopic (exact) mass is 462 g/mol. The number of terminal acetylenes is 1. The molecule has 1 heterocycles. The van der Waals surface area contributed by atoms with Crippen molar-refractivity contribution < 1.29 is 22.8 Å². The molecule has 0 aliphatic carbocycles. The predicted molar refractivity (Wildman–Crippen MR) is 123 cm³/mol. The van der Waals surface area contributed by atoms with Gasteiger partial charge in [-0.3, -0.25) is 9.59 Å². The van der Waals surface area contributed by atoms with Gasteiger partial charge in [0, 0.05) is 37.2 Å². The van der Waals surface area contributed by atoms with E-state index >= 15 is 0 Å². The van der Waals surface area contributed by atoms with Crippen LogP contribution < -0.4 is 5.32 Å². The normalized spacial score (nSPS) is 12.9. The van der Waals surface area contributed by atoms with E-state index in [2.05, 4.69) is 11.2 Å². The average Bonchev–Trinajstić information content (AvgIpc) is 3.14. The molecule has 0 atom stereocenters. The first kappa shape index (κ1) is 23.1. The van der Waals surface area contributed by atoms with Crippen LogP contribution in [0.2, 0.25) is 0 Å². The number of nitrogens with one attached hydrogen (secondary N) is 1. The minimum absolute atomic E-state index is 0.0640. The van der Waals surface area contributed by atoms with Crippen molar-refractivity contribution in [2.24, 2.45) is 0 Å². The van der Waals surface area contributed by atoms with Crippen LogP contribution in [-0.2, 0) is 19.3 Å². The molecule has 34 heavy (non-hydrogen) atoms. The molecule has 7 heteroatoms. The van der Waals surface area contributed by atoms with Gasteiger partial charge < -0.3 is 10.2 Å². The summed E-state index contributed by atoms with van der Waals surface area (Å²) in [5.74, 6) is 1.99. The second-order valence-corrected chi connectivity index (χ2v) is 7.98. The summed E-state index contributed by atoms with van der Waals surface area (Å²) in [7, 11) is 0. The Morgan fingerprint density at radius 1 is 1.03 bits per heavy atom. The lowest BCUT2D eigenvalue weighted by molar-refractivity contribution is -0.137. The molecule has 4 nitrogen and oxygen atoms in total. The summed E-state index contributed by atoms with van der Waals surface area (Å²) in [5.41, 5.74) is 3.00. The lowest BCUT2D eigenvalue weighted by Gasteiger charge is -2.17. The Morgan fingerprint density at radius 2 is 1.76 bits per heavy atom. The molecule has 3 aromatic rings. The van der Waals surface area contributed by atoms with Gasteiger partial charge in [-0.2, -0.15) is 13.2 Å². The van der Waals surface area contributed by atoms with E-state index in [1.807, 2.05) is 12.1 Å². The van der Waals surface area contributed by atoms with E-state index in [9.17, 15) is 22.8 Å². The second-order valence-electron chi connectivity index (χ2n) is 7.98. The summed E-state index contributed by atoms with van der Waals surface area (Å²) in [4.78, 5) is 27.0. The Morgan fingerprint density at radius 3 is 2.53 bits per heavy atom. The molecular formula is C27H21F3N2O2. The van der Waals surface area contributed by atoms with E-state index < -0.39 is 11.7 Å². The highest BCUT2D eigenvalue weighted by Gasteiger charge is 2.32. The Bertz CT molecular complexity index is 1290. The van der Waals surface area contributed by atoms with Crippen LogP contribution in [0.4, 0.5) is 13.2 Å². The van der Waals surface area contributed by atoms with Gasteiger partial charge in [-0.05, 0) is 52.6 Å². The molecule has 3 aromatic carbocycles. The molecule has 4 rings (SSSR count). The molecule has 0 saturated heterocycles. The van der Waals surface area contributed by atoms with Gasteiger partial charge in [0.15, 0.2) is 0 Å². The summed E-state index contributed by atoms with van der Waals surface area (Å²) in [5, 5.41) is 2.76. The number of benzene rings is 3. The largest absolute Gasteiger partial charge is 0.416 e. The van der Waals surface area contributed by atoms with Gasteiger partial charge in [0.25, 0.3) is 11.8 Å². The fourth-order valence-corrected chi connectivity index (χ4v) is 4.03. The van der Waals surface area contributed by atoms with Crippen LogP contribution in [-0.4, -0.2) is 23.3 Å². The zero-order valence-corrected chi connectivity index (χ0v) is 18.2. The number of alkyl halides is 3. The van der Waals surface area contributed by atoms with Crippen molar-refractivity contribution in [2.75, 3.05) is 6.54 Å². The van der Waals surface area contributed by atoms with Crippen LogP contribution in [0, 0.1) is 12.3 Å². The van der Waals surface area contributed by atoms with Crippen LogP contribution in [0.15, 0.2) is 66.7 Å². The number of nitrogens with zero attached hydrogens (tertiary/aromatic N) is 1. The van der Waals surface area contributed by atoms with Crippen LogP contribution >= 0.6 is 0 Å². The summed E-state index contributed by atoms with van der Waals surface area (Å²) < 4.78 is 39.2. The van der Waals surface area contributed by atoms with Crippen molar-refractivity contribution in [3.63, 3.8) is 0 Å². The molecule has 1 aliphatic heterocycles. The third-order valence-corrected chi connectivity index (χ3v) is 5.66. The van der Waals surface area contributed by atoms with E-state index in [4.69, 9.17) is 6.42 Å². The first-order chi connectivity index (χ1) is 16.3. The van der Waals surface area contributed by atoms with Gasteiger partial charge in [-0.15, -0.1) is 12.3 Å². The second kappa shape index (κ2) is 9.44. The summed E-state index contributed by atoms with van der Waals surface area (Å²) in [6.07, 6.45) is 1.21. The van der Waals surface area contributed by atoms with Gasteiger partial charge in [-0.1, -0.05) is 36.4 Å². The smallest absolute Gasteiger partial charge is 0.351 e. The topological polar surface area (TPSA) is 49.4 Å². The maximum Gasteiger partial charge on any atom is 0.416 e. The van der Waals surface area contributed by atoms with Gasteiger partial charge in [-0.25, -0.2) is 0 Å². The minimum atomic E-state index is -4.45. The van der Waals surface area contributed by atoms with E-state index in [0.29, 0.717) is 29.7 Å². The molecular weight excluding hydrogens is 441 g/mol. The lowest BCUT2D eigenvalue weighted by Crippen LogP contribution is -2.24. The molecule has 0 spiro atoms. The van der Waals surface area contributed by atoms with Crippen molar-refractivity contribution in [3.05, 3.63) is 94.5 Å². The molecule has 0 fully saturated rings. The van der Waals surface area contributed by atoms with Gasteiger partial charge in [0.1, 0.15) is 0 Å². The van der Waals surface area contributed by atoms with Gasteiger partial charge in [0.05, 0.1) is 5.56 Å². The van der Waals surface area contributed by atoms with E-state index in [1.165, 1.54) is 11.0 Å². The number of hydrogen-bond acceptors (Lipinski definition) is 2. The highest BCUT2D eigenvalue weighted by atomic mass is 19.4. The number of hydrogen-bond donors (Lipinski definition) is 1. The zero-order valence-electron chi connectivity index (χ0n) is 18.2. The molecule has 172 valence electrons. The number of carbonyl (C=O) groups is 2. The summed E-state index contributed by atoms with van der Waals surface area (Å²) >= 11 is 0. The predicted octanol–water partition coefficient (Wildman–Crippen LogP) is 5.28. The third kappa shape index (κ3) is 4.81. The molecule has 0 saturated carbocycles. The number of amides is 2. The minimum Gasteiger partial charge on any atom is -0.351 e. The van der Waals surface area contributed by atoms with E-state index in [1.54, 1.807) is 36.4 Å². The molecule has 1 N–H and O–H groups in total. The van der Waals surface area contributed by atoms with E-state index in [-0.39, 0.29) is 24.9 Å². The maximum atomic E-state index is 13.1.